The van der Waals surface area contributed by atoms with Gasteiger partial charge in [-0.2, -0.15) is 0 Å². The number of aromatic nitrogens is 1. The summed E-state index contributed by atoms with van der Waals surface area (Å²) in [5.41, 5.74) is 7.53. The molecule has 66 valence electrons. The molecule has 0 aliphatic carbocycles. The summed E-state index contributed by atoms with van der Waals surface area (Å²) < 4.78 is 13.2. The lowest BCUT2D eigenvalue weighted by Gasteiger charge is -2.02. The molecule has 0 unspecified atom stereocenters. The van der Waals surface area contributed by atoms with Gasteiger partial charge < -0.3 is 5.73 Å². The number of nitrogen functional groups attached to an aromatic ring is 1. The second-order valence-corrected chi connectivity index (χ2v) is 2.97. The highest BCUT2D eigenvalue weighted by Crippen LogP contribution is 2.20. The van der Waals surface area contributed by atoms with Gasteiger partial charge in [-0.1, -0.05) is 6.07 Å². The summed E-state index contributed by atoms with van der Waals surface area (Å²) in [5.74, 6) is -0.281. The smallest absolute Gasteiger partial charge is 0.132 e. The first-order valence-corrected chi connectivity index (χ1v) is 4.00. The molecule has 0 radical (unpaired) electrons. The average Bonchev–Trinajstić information content (AvgIpc) is 2.09. The van der Waals surface area contributed by atoms with E-state index in [1.807, 2.05) is 0 Å². The zero-order chi connectivity index (χ0) is 9.42. The normalized spacial score (nSPS) is 10.6. The second kappa shape index (κ2) is 2.69. The van der Waals surface area contributed by atoms with Crippen molar-refractivity contribution in [2.45, 2.75) is 6.92 Å². The highest BCUT2D eigenvalue weighted by atomic mass is 19.1. The standard InChI is InChI=1S/C10H9FN2/c1-6-9(12)5-7-8(11)3-2-4-10(7)13-6/h2-5H,12H2,1H3. The maximum Gasteiger partial charge on any atom is 0.132 e. The third-order valence-electron chi connectivity index (χ3n) is 2.04. The van der Waals surface area contributed by atoms with Crippen LogP contribution in [0.1, 0.15) is 5.69 Å². The van der Waals surface area contributed by atoms with Gasteiger partial charge in [0.25, 0.3) is 0 Å². The highest BCUT2D eigenvalue weighted by Gasteiger charge is 2.03. The van der Waals surface area contributed by atoms with Gasteiger partial charge in [-0.3, -0.25) is 4.98 Å². The van der Waals surface area contributed by atoms with Crippen molar-refractivity contribution in [3.63, 3.8) is 0 Å². The lowest BCUT2D eigenvalue weighted by molar-refractivity contribution is 0.639. The van der Waals surface area contributed by atoms with Crippen molar-refractivity contribution >= 4 is 16.6 Å². The van der Waals surface area contributed by atoms with E-state index in [1.165, 1.54) is 6.07 Å². The van der Waals surface area contributed by atoms with E-state index >= 15 is 0 Å². The van der Waals surface area contributed by atoms with E-state index in [4.69, 9.17) is 5.73 Å². The Morgan fingerprint density at radius 1 is 1.38 bits per heavy atom. The largest absolute Gasteiger partial charge is 0.397 e. The number of anilines is 1. The molecule has 1 heterocycles. The molecule has 3 heteroatoms. The molecule has 2 aromatic rings. The first-order valence-electron chi connectivity index (χ1n) is 4.00. The van der Waals surface area contributed by atoms with Crippen molar-refractivity contribution in [1.82, 2.24) is 4.98 Å². The van der Waals surface area contributed by atoms with Crippen LogP contribution in [0.3, 0.4) is 0 Å². The SMILES string of the molecule is Cc1nc2cccc(F)c2cc1N. The summed E-state index contributed by atoms with van der Waals surface area (Å²) in [5, 5.41) is 0.477. The first-order chi connectivity index (χ1) is 6.18. The van der Waals surface area contributed by atoms with Gasteiger partial charge in [0.1, 0.15) is 5.82 Å². The molecule has 0 atom stereocenters. The molecular formula is C10H9FN2. The van der Waals surface area contributed by atoms with E-state index in [1.54, 1.807) is 25.1 Å². The number of rotatable bonds is 0. The zero-order valence-corrected chi connectivity index (χ0v) is 7.21. The average molecular weight is 176 g/mol. The maximum absolute atomic E-state index is 13.2. The van der Waals surface area contributed by atoms with Gasteiger partial charge in [0.2, 0.25) is 0 Å². The molecule has 2 rings (SSSR count). The molecule has 1 aromatic carbocycles. The van der Waals surface area contributed by atoms with Crippen LogP contribution >= 0.6 is 0 Å². The third-order valence-corrected chi connectivity index (χ3v) is 2.04. The van der Waals surface area contributed by atoms with Crippen LogP contribution in [0.25, 0.3) is 10.9 Å². The molecule has 0 spiro atoms. The van der Waals surface area contributed by atoms with E-state index in [0.29, 0.717) is 16.6 Å². The van der Waals surface area contributed by atoms with Gasteiger partial charge >= 0.3 is 0 Å². The Balaban J connectivity index is 2.89. The number of halogens is 1. The third kappa shape index (κ3) is 1.22. The van der Waals surface area contributed by atoms with Crippen LogP contribution in [0.4, 0.5) is 10.1 Å². The zero-order valence-electron chi connectivity index (χ0n) is 7.21. The summed E-state index contributed by atoms with van der Waals surface area (Å²) in [6.07, 6.45) is 0. The van der Waals surface area contributed by atoms with E-state index in [-0.39, 0.29) is 5.82 Å². The number of benzene rings is 1. The number of nitrogens with zero attached hydrogens (tertiary/aromatic N) is 1. The summed E-state index contributed by atoms with van der Waals surface area (Å²) >= 11 is 0. The molecule has 13 heavy (non-hydrogen) atoms. The number of hydrogen-bond donors (Lipinski definition) is 1. The molecule has 0 fully saturated rings. The fourth-order valence-corrected chi connectivity index (χ4v) is 1.27. The maximum atomic E-state index is 13.2. The van der Waals surface area contributed by atoms with Crippen LogP contribution in [0.2, 0.25) is 0 Å². The Morgan fingerprint density at radius 3 is 2.92 bits per heavy atom. The monoisotopic (exact) mass is 176 g/mol. The van der Waals surface area contributed by atoms with Crippen molar-refractivity contribution < 1.29 is 4.39 Å². The number of hydrogen-bond acceptors (Lipinski definition) is 2. The molecule has 2 N–H and O–H groups in total. The van der Waals surface area contributed by atoms with Crippen LogP contribution in [0.15, 0.2) is 24.3 Å². The van der Waals surface area contributed by atoms with Crippen molar-refractivity contribution in [2.24, 2.45) is 0 Å². The van der Waals surface area contributed by atoms with Crippen LogP contribution < -0.4 is 5.73 Å². The molecule has 0 saturated carbocycles. The van der Waals surface area contributed by atoms with Crippen molar-refractivity contribution in [3.05, 3.63) is 35.8 Å². The van der Waals surface area contributed by atoms with E-state index in [0.717, 1.165) is 5.69 Å². The Kier molecular flexibility index (Phi) is 1.65. The Hall–Kier alpha value is -1.64. The van der Waals surface area contributed by atoms with Gasteiger partial charge in [0, 0.05) is 5.39 Å². The number of aryl methyl sites for hydroxylation is 1. The van der Waals surface area contributed by atoms with Gasteiger partial charge in [0.05, 0.1) is 16.9 Å². The highest BCUT2D eigenvalue weighted by molar-refractivity contribution is 5.82. The number of pyridine rings is 1. The summed E-state index contributed by atoms with van der Waals surface area (Å²) in [6, 6.07) is 6.43. The minimum atomic E-state index is -0.281. The minimum Gasteiger partial charge on any atom is -0.397 e. The quantitative estimate of drug-likeness (QED) is 0.668. The summed E-state index contributed by atoms with van der Waals surface area (Å²) in [6.45, 7) is 1.81. The van der Waals surface area contributed by atoms with Gasteiger partial charge in [-0.25, -0.2) is 4.39 Å². The van der Waals surface area contributed by atoms with Crippen molar-refractivity contribution in [3.8, 4) is 0 Å². The lowest BCUT2D eigenvalue weighted by atomic mass is 10.2. The Bertz CT molecular complexity index is 466. The van der Waals surface area contributed by atoms with Crippen molar-refractivity contribution in [2.75, 3.05) is 5.73 Å². The van der Waals surface area contributed by atoms with Crippen LogP contribution in [-0.4, -0.2) is 4.98 Å². The Morgan fingerprint density at radius 2 is 2.15 bits per heavy atom. The number of fused-ring (bicyclic) bond motifs is 1. The second-order valence-electron chi connectivity index (χ2n) is 2.97. The minimum absolute atomic E-state index is 0.281. The van der Waals surface area contributed by atoms with E-state index < -0.39 is 0 Å². The van der Waals surface area contributed by atoms with Gasteiger partial charge in [-0.05, 0) is 25.1 Å². The van der Waals surface area contributed by atoms with Crippen LogP contribution in [0, 0.1) is 12.7 Å². The molecular weight excluding hydrogens is 167 g/mol. The fraction of sp³-hybridized carbons (Fsp3) is 0.100. The lowest BCUT2D eigenvalue weighted by Crippen LogP contribution is -1.94. The topological polar surface area (TPSA) is 38.9 Å². The van der Waals surface area contributed by atoms with Gasteiger partial charge in [0.15, 0.2) is 0 Å². The predicted molar refractivity (Wildman–Crippen MR) is 50.9 cm³/mol. The van der Waals surface area contributed by atoms with Crippen LogP contribution in [0.5, 0.6) is 0 Å². The van der Waals surface area contributed by atoms with Crippen LogP contribution in [-0.2, 0) is 0 Å². The molecule has 0 aliphatic heterocycles. The molecule has 2 nitrogen and oxygen atoms in total. The number of nitrogens with two attached hydrogens (primary N) is 1. The molecule has 0 amide bonds. The molecule has 1 aromatic heterocycles. The first kappa shape index (κ1) is 7.98. The molecule has 0 aliphatic rings. The predicted octanol–water partition coefficient (Wildman–Crippen LogP) is 2.26. The fourth-order valence-electron chi connectivity index (χ4n) is 1.27. The summed E-state index contributed by atoms with van der Waals surface area (Å²) in [4.78, 5) is 4.17. The van der Waals surface area contributed by atoms with E-state index in [9.17, 15) is 4.39 Å². The Labute approximate surface area is 75.2 Å². The molecule has 0 saturated heterocycles. The summed E-state index contributed by atoms with van der Waals surface area (Å²) in [7, 11) is 0. The van der Waals surface area contributed by atoms with E-state index in [2.05, 4.69) is 4.98 Å². The van der Waals surface area contributed by atoms with Gasteiger partial charge in [-0.15, -0.1) is 0 Å². The molecule has 0 bridgehead atoms. The van der Waals surface area contributed by atoms with Crippen molar-refractivity contribution in [1.29, 1.82) is 0 Å².